The number of esters is 1. The number of methoxy groups -OCH3 is 1. The summed E-state index contributed by atoms with van der Waals surface area (Å²) < 4.78 is 7.03. The lowest BCUT2D eigenvalue weighted by atomic mass is 9.80. The van der Waals surface area contributed by atoms with Gasteiger partial charge in [-0.05, 0) is 42.2 Å². The molecule has 4 aromatic rings. The summed E-state index contributed by atoms with van der Waals surface area (Å²) >= 11 is 0. The Bertz CT molecular complexity index is 1440. The molecule has 2 aromatic heterocycles. The first-order valence-electron chi connectivity index (χ1n) is 12.2. The van der Waals surface area contributed by atoms with Gasteiger partial charge in [-0.25, -0.2) is 9.78 Å². The van der Waals surface area contributed by atoms with Crippen molar-refractivity contribution in [1.82, 2.24) is 9.38 Å². The molecule has 0 fully saturated rings. The van der Waals surface area contributed by atoms with E-state index in [-0.39, 0.29) is 11.5 Å². The van der Waals surface area contributed by atoms with Crippen molar-refractivity contribution in [3.05, 3.63) is 107 Å². The number of hydrogen-bond donors (Lipinski definition) is 1. The number of hydrogen-bond acceptors (Lipinski definition) is 6. The zero-order valence-electron chi connectivity index (χ0n) is 20.7. The van der Waals surface area contributed by atoms with Crippen LogP contribution < -0.4 is 15.8 Å². The Hall–Kier alpha value is -4.13. The number of aromatic nitrogens is 2. The van der Waals surface area contributed by atoms with Crippen molar-refractivity contribution in [2.75, 3.05) is 17.3 Å². The number of pyridine rings is 1. The number of para-hydroxylation sites is 1. The molecule has 0 bridgehead atoms. The normalized spacial score (nSPS) is 18.9. The first-order chi connectivity index (χ1) is 17.5. The van der Waals surface area contributed by atoms with Gasteiger partial charge in [-0.3, -0.25) is 9.20 Å². The van der Waals surface area contributed by atoms with Crippen molar-refractivity contribution in [2.24, 2.45) is 5.92 Å². The van der Waals surface area contributed by atoms with Crippen molar-refractivity contribution in [2.45, 2.75) is 38.4 Å². The average molecular weight is 483 g/mol. The Balaban J connectivity index is 1.82. The van der Waals surface area contributed by atoms with E-state index in [1.807, 2.05) is 77.7 Å². The smallest absolute Gasteiger partial charge is 0.334 e. The molecule has 2 atom stereocenters. The molecule has 0 radical (unpaired) electrons. The van der Waals surface area contributed by atoms with Crippen LogP contribution in [0.15, 0.2) is 89.9 Å². The maximum atomic E-state index is 14.0. The summed E-state index contributed by atoms with van der Waals surface area (Å²) in [6.45, 7) is 4.55. The van der Waals surface area contributed by atoms with Crippen LogP contribution in [-0.4, -0.2) is 28.0 Å². The second kappa shape index (κ2) is 9.49. The molecule has 0 saturated heterocycles. The fourth-order valence-corrected chi connectivity index (χ4v) is 5.35. The zero-order valence-corrected chi connectivity index (χ0v) is 20.7. The van der Waals surface area contributed by atoms with Gasteiger partial charge in [-0.1, -0.05) is 68.4 Å². The van der Waals surface area contributed by atoms with Crippen LogP contribution in [0.5, 0.6) is 0 Å². The van der Waals surface area contributed by atoms with Gasteiger partial charge in [0.05, 0.1) is 18.7 Å². The topological polar surface area (TPSA) is 75.9 Å². The van der Waals surface area contributed by atoms with Gasteiger partial charge < -0.3 is 15.0 Å². The average Bonchev–Trinajstić information content (AvgIpc) is 3.13. The summed E-state index contributed by atoms with van der Waals surface area (Å²) in [6, 6.07) is 24.4. The van der Waals surface area contributed by atoms with Gasteiger partial charge in [-0.2, -0.15) is 0 Å². The van der Waals surface area contributed by atoms with Crippen molar-refractivity contribution in [3.63, 3.8) is 0 Å². The largest absolute Gasteiger partial charge is 0.467 e. The molecule has 7 heteroatoms. The Kier molecular flexibility index (Phi) is 6.22. The molecule has 36 heavy (non-hydrogen) atoms. The van der Waals surface area contributed by atoms with Gasteiger partial charge in [0.1, 0.15) is 11.5 Å². The number of ether oxygens (including phenoxy) is 1. The molecular formula is C29H30N4O3. The molecule has 0 spiro atoms. The van der Waals surface area contributed by atoms with Crippen LogP contribution in [0.1, 0.15) is 37.4 Å². The Labute approximate surface area is 210 Å². The van der Waals surface area contributed by atoms with E-state index in [2.05, 4.69) is 19.2 Å². The molecule has 0 amide bonds. The van der Waals surface area contributed by atoms with E-state index in [0.717, 1.165) is 11.3 Å². The van der Waals surface area contributed by atoms with Crippen LogP contribution in [0.3, 0.4) is 0 Å². The third-order valence-electron chi connectivity index (χ3n) is 6.78. The summed E-state index contributed by atoms with van der Waals surface area (Å²) in [7, 11) is 1.41. The van der Waals surface area contributed by atoms with Crippen LogP contribution in [0.4, 0.5) is 11.5 Å². The second-order valence-corrected chi connectivity index (χ2v) is 9.61. The third-order valence-corrected chi connectivity index (χ3v) is 6.78. The van der Waals surface area contributed by atoms with E-state index in [9.17, 15) is 9.59 Å². The van der Waals surface area contributed by atoms with E-state index in [4.69, 9.17) is 9.72 Å². The van der Waals surface area contributed by atoms with Crippen LogP contribution in [0.2, 0.25) is 0 Å². The highest BCUT2D eigenvalue weighted by Crippen LogP contribution is 2.50. The summed E-state index contributed by atoms with van der Waals surface area (Å²) in [5.41, 5.74) is 1.42. The number of nitrogens with one attached hydrogen (secondary N) is 1. The van der Waals surface area contributed by atoms with E-state index in [1.54, 1.807) is 16.7 Å². The standard InChI is InChI=1S/C29H30N4O3/c1-20(2)18-29(28(35)36-3)25(30-22-14-8-5-9-15-22)24-26(33(29)19-21-12-6-4-7-13-21)31-23-16-10-11-17-32(23)27(24)34/h4-17,20,25,30H,18-19H2,1-3H3/t25-,29-/m1/s1. The minimum absolute atomic E-state index is 0.133. The van der Waals surface area contributed by atoms with Gasteiger partial charge in [0.15, 0.2) is 5.54 Å². The molecule has 7 nitrogen and oxygen atoms in total. The lowest BCUT2D eigenvalue weighted by Crippen LogP contribution is -2.58. The molecule has 2 aromatic carbocycles. The molecule has 0 saturated carbocycles. The predicted molar refractivity (Wildman–Crippen MR) is 141 cm³/mol. The number of anilines is 2. The monoisotopic (exact) mass is 482 g/mol. The van der Waals surface area contributed by atoms with Gasteiger partial charge in [0.25, 0.3) is 5.56 Å². The summed E-state index contributed by atoms with van der Waals surface area (Å²) in [4.78, 5) is 34.8. The quantitative estimate of drug-likeness (QED) is 0.381. The van der Waals surface area contributed by atoms with Crippen LogP contribution >= 0.6 is 0 Å². The van der Waals surface area contributed by atoms with E-state index in [0.29, 0.717) is 30.0 Å². The lowest BCUT2D eigenvalue weighted by Gasteiger charge is -2.42. The number of rotatable bonds is 7. The molecule has 1 aliphatic rings. The predicted octanol–water partition coefficient (Wildman–Crippen LogP) is 4.83. The first kappa shape index (κ1) is 23.6. The van der Waals surface area contributed by atoms with Gasteiger partial charge >= 0.3 is 5.97 Å². The zero-order chi connectivity index (χ0) is 25.3. The highest BCUT2D eigenvalue weighted by Gasteiger charge is 2.60. The summed E-state index contributed by atoms with van der Waals surface area (Å²) in [5.74, 6) is 0.246. The highest BCUT2D eigenvalue weighted by molar-refractivity contribution is 5.91. The number of carbonyl (C=O) groups is 1. The summed E-state index contributed by atoms with van der Waals surface area (Å²) in [6.07, 6.45) is 2.18. The number of carbonyl (C=O) groups excluding carboxylic acids is 1. The first-order valence-corrected chi connectivity index (χ1v) is 12.2. The number of benzene rings is 2. The van der Waals surface area contributed by atoms with Crippen molar-refractivity contribution >= 4 is 23.1 Å². The molecule has 3 heterocycles. The van der Waals surface area contributed by atoms with Gasteiger partial charge in [-0.15, -0.1) is 0 Å². The third kappa shape index (κ3) is 3.90. The second-order valence-electron chi connectivity index (χ2n) is 9.61. The molecule has 184 valence electrons. The SMILES string of the molecule is COC(=O)[C@@]1(CC(C)C)[C@H](Nc2ccccc2)c2c(nc3ccccn3c2=O)N1Cc1ccccc1. The molecular weight excluding hydrogens is 452 g/mol. The Morgan fingerprint density at radius 3 is 2.36 bits per heavy atom. The molecule has 0 aliphatic carbocycles. The van der Waals surface area contributed by atoms with Gasteiger partial charge in [0, 0.05) is 18.4 Å². The minimum Gasteiger partial charge on any atom is -0.467 e. The minimum atomic E-state index is -1.19. The van der Waals surface area contributed by atoms with Crippen molar-refractivity contribution in [1.29, 1.82) is 0 Å². The van der Waals surface area contributed by atoms with Crippen LogP contribution in [0.25, 0.3) is 5.65 Å². The van der Waals surface area contributed by atoms with Crippen LogP contribution in [-0.2, 0) is 16.1 Å². The van der Waals surface area contributed by atoms with E-state index >= 15 is 0 Å². The lowest BCUT2D eigenvalue weighted by molar-refractivity contribution is -0.148. The highest BCUT2D eigenvalue weighted by atomic mass is 16.5. The molecule has 0 unspecified atom stereocenters. The maximum absolute atomic E-state index is 14.0. The fraction of sp³-hybridized carbons (Fsp3) is 0.276. The van der Waals surface area contributed by atoms with Crippen LogP contribution in [0, 0.1) is 5.92 Å². The van der Waals surface area contributed by atoms with E-state index in [1.165, 1.54) is 7.11 Å². The Morgan fingerprint density at radius 1 is 1.03 bits per heavy atom. The molecule has 1 aliphatic heterocycles. The molecule has 1 N–H and O–H groups in total. The maximum Gasteiger partial charge on any atom is 0.334 e. The molecule has 5 rings (SSSR count). The van der Waals surface area contributed by atoms with Gasteiger partial charge in [0.2, 0.25) is 0 Å². The van der Waals surface area contributed by atoms with E-state index < -0.39 is 17.6 Å². The number of fused-ring (bicyclic) bond motifs is 2. The Morgan fingerprint density at radius 2 is 1.69 bits per heavy atom. The summed E-state index contributed by atoms with van der Waals surface area (Å²) in [5, 5.41) is 3.53. The van der Waals surface area contributed by atoms with Crippen molar-refractivity contribution < 1.29 is 9.53 Å². The number of nitrogens with zero attached hydrogens (tertiary/aromatic N) is 3. The van der Waals surface area contributed by atoms with Crippen molar-refractivity contribution in [3.8, 4) is 0 Å². The fourth-order valence-electron chi connectivity index (χ4n) is 5.35.